The molecule has 0 amide bonds. The lowest BCUT2D eigenvalue weighted by atomic mass is 9.99. The van der Waals surface area contributed by atoms with E-state index in [1.54, 1.807) is 0 Å². The quantitative estimate of drug-likeness (QED) is 0.114. The molecule has 1 heterocycles. The normalized spacial score (nSPS) is 24.8. The van der Waals surface area contributed by atoms with Gasteiger partial charge in [-0.05, 0) is 12.8 Å². The molecule has 0 saturated carbocycles. The van der Waals surface area contributed by atoms with Crippen molar-refractivity contribution < 1.29 is 44.2 Å². The van der Waals surface area contributed by atoms with Gasteiger partial charge in [0.15, 0.2) is 6.29 Å². The summed E-state index contributed by atoms with van der Waals surface area (Å²) in [6.07, 6.45) is 8.78. The first-order valence-corrected chi connectivity index (χ1v) is 14.6. The standard InChI is InChI=1S/C28H54O9/c1-3-5-7-9-11-12-14-16-18-34-20-22(36-24(30)17-15-13-10-8-6-4-2)21-35-28-27(33)26(32)25(31)23(19-29)37-28/h22-23,25-29,31-33H,3-21H2,1-2H3. The average molecular weight is 535 g/mol. The Morgan fingerprint density at radius 2 is 1.32 bits per heavy atom. The largest absolute Gasteiger partial charge is 0.457 e. The molecule has 1 rings (SSSR count). The summed E-state index contributed by atoms with van der Waals surface area (Å²) in [5, 5.41) is 39.5. The average Bonchev–Trinajstić information content (AvgIpc) is 2.89. The fraction of sp³-hybridized carbons (Fsp3) is 0.964. The Morgan fingerprint density at radius 3 is 1.92 bits per heavy atom. The van der Waals surface area contributed by atoms with E-state index in [-0.39, 0.29) is 19.2 Å². The third-order valence-corrected chi connectivity index (χ3v) is 6.77. The van der Waals surface area contributed by atoms with Crippen LogP contribution in [0.2, 0.25) is 0 Å². The summed E-state index contributed by atoms with van der Waals surface area (Å²) in [7, 11) is 0. The zero-order valence-corrected chi connectivity index (χ0v) is 23.2. The van der Waals surface area contributed by atoms with Crippen LogP contribution in [0.3, 0.4) is 0 Å². The third-order valence-electron chi connectivity index (χ3n) is 6.77. The van der Waals surface area contributed by atoms with Gasteiger partial charge in [-0.25, -0.2) is 0 Å². The van der Waals surface area contributed by atoms with E-state index in [4.69, 9.17) is 18.9 Å². The molecular formula is C28H54O9. The Morgan fingerprint density at radius 1 is 0.757 bits per heavy atom. The van der Waals surface area contributed by atoms with Crippen molar-refractivity contribution >= 4 is 5.97 Å². The Hall–Kier alpha value is -0.810. The SMILES string of the molecule is CCCCCCCCCCOCC(COC1OC(CO)C(O)C(O)C1O)OC(=O)CCCCCCCC. The van der Waals surface area contributed by atoms with Crippen LogP contribution in [0.1, 0.15) is 110 Å². The van der Waals surface area contributed by atoms with Crippen molar-refractivity contribution in [2.45, 2.75) is 147 Å². The molecule has 0 bridgehead atoms. The number of unbranched alkanes of at least 4 members (excludes halogenated alkanes) is 12. The van der Waals surface area contributed by atoms with Gasteiger partial charge in [-0.1, -0.05) is 90.9 Å². The van der Waals surface area contributed by atoms with Crippen LogP contribution >= 0.6 is 0 Å². The highest BCUT2D eigenvalue weighted by atomic mass is 16.7. The van der Waals surface area contributed by atoms with Crippen LogP contribution in [-0.2, 0) is 23.7 Å². The lowest BCUT2D eigenvalue weighted by molar-refractivity contribution is -0.305. The molecule has 0 aromatic heterocycles. The van der Waals surface area contributed by atoms with Crippen molar-refractivity contribution in [2.24, 2.45) is 0 Å². The molecule has 0 aliphatic carbocycles. The summed E-state index contributed by atoms with van der Waals surface area (Å²) in [6, 6.07) is 0. The van der Waals surface area contributed by atoms with Gasteiger partial charge < -0.3 is 39.4 Å². The van der Waals surface area contributed by atoms with Crippen LogP contribution in [0.4, 0.5) is 0 Å². The molecule has 0 radical (unpaired) electrons. The van der Waals surface area contributed by atoms with Gasteiger partial charge >= 0.3 is 5.97 Å². The van der Waals surface area contributed by atoms with Crippen molar-refractivity contribution in [3.8, 4) is 0 Å². The topological polar surface area (TPSA) is 135 Å². The van der Waals surface area contributed by atoms with E-state index in [2.05, 4.69) is 13.8 Å². The molecule has 1 aliphatic rings. The summed E-state index contributed by atoms with van der Waals surface area (Å²) in [5.41, 5.74) is 0. The number of rotatable bonds is 23. The Kier molecular flexibility index (Phi) is 20.4. The van der Waals surface area contributed by atoms with Gasteiger partial charge in [-0.2, -0.15) is 0 Å². The molecule has 1 fully saturated rings. The number of ether oxygens (including phenoxy) is 4. The number of esters is 1. The molecule has 220 valence electrons. The van der Waals surface area contributed by atoms with Gasteiger partial charge in [0.25, 0.3) is 0 Å². The van der Waals surface area contributed by atoms with Gasteiger partial charge in [0.2, 0.25) is 0 Å². The lowest BCUT2D eigenvalue weighted by Crippen LogP contribution is -2.59. The summed E-state index contributed by atoms with van der Waals surface area (Å²) in [6.45, 7) is 4.44. The van der Waals surface area contributed by atoms with Crippen LogP contribution in [0.5, 0.6) is 0 Å². The monoisotopic (exact) mass is 534 g/mol. The highest BCUT2D eigenvalue weighted by Gasteiger charge is 2.44. The van der Waals surface area contributed by atoms with Crippen LogP contribution in [0, 0.1) is 0 Å². The number of hydrogen-bond acceptors (Lipinski definition) is 9. The Bertz CT molecular complexity index is 546. The molecule has 0 aromatic rings. The third kappa shape index (κ3) is 15.4. The van der Waals surface area contributed by atoms with E-state index in [1.807, 2.05) is 0 Å². The van der Waals surface area contributed by atoms with Crippen molar-refractivity contribution in [1.29, 1.82) is 0 Å². The second-order valence-electron chi connectivity index (χ2n) is 10.2. The molecular weight excluding hydrogens is 480 g/mol. The lowest BCUT2D eigenvalue weighted by Gasteiger charge is -2.39. The molecule has 1 saturated heterocycles. The molecule has 37 heavy (non-hydrogen) atoms. The van der Waals surface area contributed by atoms with E-state index in [0.29, 0.717) is 13.0 Å². The molecule has 4 N–H and O–H groups in total. The predicted molar refractivity (Wildman–Crippen MR) is 141 cm³/mol. The minimum Gasteiger partial charge on any atom is -0.457 e. The maximum absolute atomic E-state index is 12.4. The highest BCUT2D eigenvalue weighted by molar-refractivity contribution is 5.69. The van der Waals surface area contributed by atoms with Gasteiger partial charge in [0.1, 0.15) is 30.5 Å². The second-order valence-corrected chi connectivity index (χ2v) is 10.2. The Labute approximate surface area is 223 Å². The first kappa shape index (κ1) is 34.2. The van der Waals surface area contributed by atoms with E-state index < -0.39 is 43.4 Å². The van der Waals surface area contributed by atoms with Gasteiger partial charge in [0, 0.05) is 13.0 Å². The van der Waals surface area contributed by atoms with E-state index >= 15 is 0 Å². The van der Waals surface area contributed by atoms with E-state index in [0.717, 1.165) is 32.1 Å². The van der Waals surface area contributed by atoms with Crippen LogP contribution in [-0.4, -0.2) is 89.6 Å². The minimum absolute atomic E-state index is 0.109. The second kappa shape index (κ2) is 22.1. The molecule has 0 aromatic carbocycles. The summed E-state index contributed by atoms with van der Waals surface area (Å²) in [5.74, 6) is -0.325. The van der Waals surface area contributed by atoms with Gasteiger partial charge in [-0.15, -0.1) is 0 Å². The number of hydrogen-bond donors (Lipinski definition) is 4. The highest BCUT2D eigenvalue weighted by Crippen LogP contribution is 2.22. The van der Waals surface area contributed by atoms with Crippen molar-refractivity contribution in [3.63, 3.8) is 0 Å². The minimum atomic E-state index is -1.53. The molecule has 6 unspecified atom stereocenters. The summed E-state index contributed by atoms with van der Waals surface area (Å²) >= 11 is 0. The molecule has 9 heteroatoms. The summed E-state index contributed by atoms with van der Waals surface area (Å²) < 4.78 is 22.4. The number of aliphatic hydroxyl groups is 4. The smallest absolute Gasteiger partial charge is 0.306 e. The van der Waals surface area contributed by atoms with Crippen LogP contribution in [0.25, 0.3) is 0 Å². The fourth-order valence-electron chi connectivity index (χ4n) is 4.37. The summed E-state index contributed by atoms with van der Waals surface area (Å²) in [4.78, 5) is 12.4. The van der Waals surface area contributed by atoms with Crippen LogP contribution in [0.15, 0.2) is 0 Å². The molecule has 1 aliphatic heterocycles. The number of aliphatic hydroxyl groups excluding tert-OH is 4. The Balaban J connectivity index is 2.44. The van der Waals surface area contributed by atoms with Crippen LogP contribution < -0.4 is 0 Å². The van der Waals surface area contributed by atoms with Gasteiger partial charge in [0.05, 0.1) is 19.8 Å². The first-order chi connectivity index (χ1) is 17.9. The molecule has 9 nitrogen and oxygen atoms in total. The molecule has 0 spiro atoms. The van der Waals surface area contributed by atoms with Crippen molar-refractivity contribution in [3.05, 3.63) is 0 Å². The maximum Gasteiger partial charge on any atom is 0.306 e. The number of carbonyl (C=O) groups is 1. The van der Waals surface area contributed by atoms with E-state index in [9.17, 15) is 25.2 Å². The number of carbonyl (C=O) groups excluding carboxylic acids is 1. The zero-order chi connectivity index (χ0) is 27.3. The van der Waals surface area contributed by atoms with Crippen molar-refractivity contribution in [2.75, 3.05) is 26.4 Å². The predicted octanol–water partition coefficient (Wildman–Crippen LogP) is 3.62. The van der Waals surface area contributed by atoms with E-state index in [1.165, 1.54) is 57.8 Å². The first-order valence-electron chi connectivity index (χ1n) is 14.6. The maximum atomic E-state index is 12.4. The van der Waals surface area contributed by atoms with Gasteiger partial charge in [-0.3, -0.25) is 4.79 Å². The molecule has 6 atom stereocenters. The zero-order valence-electron chi connectivity index (χ0n) is 23.2. The fourth-order valence-corrected chi connectivity index (χ4v) is 4.37. The van der Waals surface area contributed by atoms with Crippen molar-refractivity contribution in [1.82, 2.24) is 0 Å².